The molecular weight excluding hydrogens is 346 g/mol. The Morgan fingerprint density at radius 1 is 1.20 bits per heavy atom. The number of nitrogens with one attached hydrogen (secondary N) is 1. The number of anilines is 2. The minimum Gasteiger partial charge on any atom is -0.321 e. The van der Waals surface area contributed by atoms with Gasteiger partial charge in [-0.3, -0.25) is 19.2 Å². The molecule has 0 aliphatic heterocycles. The summed E-state index contributed by atoms with van der Waals surface area (Å²) in [6.45, 7) is 1.70. The number of rotatable bonds is 5. The number of hydrogen-bond acceptors (Lipinski definition) is 5. The first-order chi connectivity index (χ1) is 11.6. The van der Waals surface area contributed by atoms with E-state index >= 15 is 0 Å². The number of carbonyl (C=O) groups is 1. The fraction of sp³-hybridized carbons (Fsp3) is 0.188. The maximum atomic E-state index is 12.6. The van der Waals surface area contributed by atoms with Crippen LogP contribution in [0.3, 0.4) is 0 Å². The number of nitrogens with zero attached hydrogens (tertiary/aromatic N) is 2. The second-order valence-electron chi connectivity index (χ2n) is 5.46. The number of non-ortho nitro benzene ring substituents is 1. The molecule has 1 N–H and O–H groups in total. The molecule has 1 amide bonds. The highest BCUT2D eigenvalue weighted by Crippen LogP contribution is 2.25. The minimum atomic E-state index is -3.55. The van der Waals surface area contributed by atoms with Crippen LogP contribution in [0.1, 0.15) is 15.9 Å². The summed E-state index contributed by atoms with van der Waals surface area (Å²) in [6.07, 6.45) is 1.03. The first kappa shape index (κ1) is 18.4. The highest BCUT2D eigenvalue weighted by atomic mass is 32.2. The Morgan fingerprint density at radius 2 is 1.84 bits per heavy atom. The van der Waals surface area contributed by atoms with Crippen molar-refractivity contribution in [3.63, 3.8) is 0 Å². The number of sulfonamides is 1. The number of carbonyl (C=O) groups excluding carboxylic acids is 1. The van der Waals surface area contributed by atoms with Gasteiger partial charge in [0.25, 0.3) is 11.6 Å². The third kappa shape index (κ3) is 4.13. The van der Waals surface area contributed by atoms with Crippen molar-refractivity contribution in [1.82, 2.24) is 0 Å². The number of para-hydroxylation sites is 1. The van der Waals surface area contributed by atoms with Crippen molar-refractivity contribution in [2.75, 3.05) is 22.9 Å². The maximum absolute atomic E-state index is 12.6. The summed E-state index contributed by atoms with van der Waals surface area (Å²) in [5.74, 6) is -0.560. The molecule has 25 heavy (non-hydrogen) atoms. The fourth-order valence-electron chi connectivity index (χ4n) is 2.17. The van der Waals surface area contributed by atoms with E-state index in [1.807, 2.05) is 0 Å². The predicted molar refractivity (Wildman–Crippen MR) is 95.5 cm³/mol. The number of nitro groups is 1. The van der Waals surface area contributed by atoms with E-state index in [4.69, 9.17) is 0 Å². The molecular formula is C16H17N3O5S. The van der Waals surface area contributed by atoms with Gasteiger partial charge in [0.05, 0.1) is 28.1 Å². The summed E-state index contributed by atoms with van der Waals surface area (Å²) in [6, 6.07) is 10.4. The molecule has 0 bridgehead atoms. The van der Waals surface area contributed by atoms with Crippen molar-refractivity contribution in [1.29, 1.82) is 0 Å². The van der Waals surface area contributed by atoms with E-state index < -0.39 is 20.9 Å². The molecule has 0 fully saturated rings. The fourth-order valence-corrected chi connectivity index (χ4v) is 2.68. The monoisotopic (exact) mass is 363 g/mol. The molecule has 2 aromatic carbocycles. The molecule has 0 aromatic heterocycles. The second kappa shape index (κ2) is 6.89. The minimum absolute atomic E-state index is 0.140. The van der Waals surface area contributed by atoms with Crippen LogP contribution in [0.15, 0.2) is 42.5 Å². The number of benzene rings is 2. The molecule has 0 aliphatic rings. The Kier molecular flexibility index (Phi) is 5.07. The van der Waals surface area contributed by atoms with Crippen molar-refractivity contribution in [3.05, 3.63) is 63.7 Å². The SMILES string of the molecule is Cc1ccc([N+](=O)[O-])cc1NC(=O)c1ccccc1N(C)S(C)(=O)=O. The lowest BCUT2D eigenvalue weighted by Crippen LogP contribution is -2.27. The molecule has 8 nitrogen and oxygen atoms in total. The van der Waals surface area contributed by atoms with Crippen LogP contribution in [0, 0.1) is 17.0 Å². The highest BCUT2D eigenvalue weighted by molar-refractivity contribution is 7.92. The van der Waals surface area contributed by atoms with E-state index in [1.54, 1.807) is 19.1 Å². The third-order valence-electron chi connectivity index (χ3n) is 3.67. The Balaban J connectivity index is 2.41. The van der Waals surface area contributed by atoms with E-state index in [0.717, 1.165) is 10.6 Å². The van der Waals surface area contributed by atoms with E-state index in [-0.39, 0.29) is 22.6 Å². The molecule has 0 atom stereocenters. The summed E-state index contributed by atoms with van der Waals surface area (Å²) in [5, 5.41) is 13.5. The molecule has 2 aromatic rings. The number of nitro benzene ring substituents is 1. The van der Waals surface area contributed by atoms with Crippen LogP contribution in [0.25, 0.3) is 0 Å². The topological polar surface area (TPSA) is 110 Å². The Morgan fingerprint density at radius 3 is 2.44 bits per heavy atom. The zero-order valence-corrected chi connectivity index (χ0v) is 14.7. The Hall–Kier alpha value is -2.94. The van der Waals surface area contributed by atoms with Gasteiger partial charge in [-0.05, 0) is 24.6 Å². The van der Waals surface area contributed by atoms with Crippen molar-refractivity contribution in [2.45, 2.75) is 6.92 Å². The molecule has 0 saturated heterocycles. The average Bonchev–Trinajstić information content (AvgIpc) is 2.55. The molecule has 2 rings (SSSR count). The number of hydrogen-bond donors (Lipinski definition) is 1. The molecule has 0 saturated carbocycles. The Labute approximate surface area is 145 Å². The second-order valence-corrected chi connectivity index (χ2v) is 7.47. The van der Waals surface area contributed by atoms with Gasteiger partial charge in [0.1, 0.15) is 0 Å². The summed E-state index contributed by atoms with van der Waals surface area (Å²) in [5.41, 5.74) is 1.14. The standard InChI is InChI=1S/C16H17N3O5S/c1-11-8-9-12(19(21)22)10-14(11)17-16(20)13-6-4-5-7-15(13)18(2)25(3,23)24/h4-10H,1-3H3,(H,17,20). The van der Waals surface area contributed by atoms with Crippen LogP contribution >= 0.6 is 0 Å². The summed E-state index contributed by atoms with van der Waals surface area (Å²) < 4.78 is 24.5. The molecule has 0 radical (unpaired) electrons. The van der Waals surface area contributed by atoms with Gasteiger partial charge in [0.15, 0.2) is 0 Å². The van der Waals surface area contributed by atoms with E-state index in [0.29, 0.717) is 5.56 Å². The Bertz CT molecular complexity index is 941. The molecule has 0 unspecified atom stereocenters. The first-order valence-corrected chi connectivity index (χ1v) is 9.05. The van der Waals surface area contributed by atoms with Gasteiger partial charge in [0, 0.05) is 19.2 Å². The smallest absolute Gasteiger partial charge is 0.271 e. The zero-order chi connectivity index (χ0) is 18.8. The van der Waals surface area contributed by atoms with E-state index in [2.05, 4.69) is 5.32 Å². The van der Waals surface area contributed by atoms with E-state index in [1.165, 1.54) is 37.4 Å². The van der Waals surface area contributed by atoms with Crippen molar-refractivity contribution in [3.8, 4) is 0 Å². The first-order valence-electron chi connectivity index (χ1n) is 7.20. The van der Waals surface area contributed by atoms with Gasteiger partial charge < -0.3 is 5.32 Å². The van der Waals surface area contributed by atoms with Crippen LogP contribution in [-0.4, -0.2) is 32.6 Å². The lowest BCUT2D eigenvalue weighted by molar-refractivity contribution is -0.384. The summed E-state index contributed by atoms with van der Waals surface area (Å²) in [7, 11) is -2.20. The average molecular weight is 363 g/mol. The van der Waals surface area contributed by atoms with Crippen molar-refractivity contribution >= 4 is 33.0 Å². The quantitative estimate of drug-likeness (QED) is 0.648. The highest BCUT2D eigenvalue weighted by Gasteiger charge is 2.20. The van der Waals surface area contributed by atoms with Crippen LogP contribution in [0.2, 0.25) is 0 Å². The lowest BCUT2D eigenvalue weighted by Gasteiger charge is -2.20. The van der Waals surface area contributed by atoms with Gasteiger partial charge >= 0.3 is 0 Å². The van der Waals surface area contributed by atoms with Crippen LogP contribution < -0.4 is 9.62 Å². The largest absolute Gasteiger partial charge is 0.321 e. The van der Waals surface area contributed by atoms with Crippen molar-refractivity contribution < 1.29 is 18.1 Å². The molecule has 0 spiro atoms. The molecule has 9 heteroatoms. The van der Waals surface area contributed by atoms with Crippen molar-refractivity contribution in [2.24, 2.45) is 0 Å². The third-order valence-corrected chi connectivity index (χ3v) is 4.86. The number of aryl methyl sites for hydroxylation is 1. The zero-order valence-electron chi connectivity index (χ0n) is 13.9. The lowest BCUT2D eigenvalue weighted by atomic mass is 10.1. The molecule has 0 heterocycles. The maximum Gasteiger partial charge on any atom is 0.271 e. The van der Waals surface area contributed by atoms with Gasteiger partial charge in [-0.25, -0.2) is 8.42 Å². The van der Waals surface area contributed by atoms with Gasteiger partial charge in [0.2, 0.25) is 10.0 Å². The predicted octanol–water partition coefficient (Wildman–Crippen LogP) is 2.55. The van der Waals surface area contributed by atoms with Gasteiger partial charge in [-0.15, -0.1) is 0 Å². The summed E-state index contributed by atoms with van der Waals surface area (Å²) >= 11 is 0. The van der Waals surface area contributed by atoms with Crippen LogP contribution in [0.4, 0.5) is 17.1 Å². The van der Waals surface area contributed by atoms with Gasteiger partial charge in [-0.1, -0.05) is 18.2 Å². The van der Waals surface area contributed by atoms with Gasteiger partial charge in [-0.2, -0.15) is 0 Å². The number of amides is 1. The summed E-state index contributed by atoms with van der Waals surface area (Å²) in [4.78, 5) is 22.9. The normalized spacial score (nSPS) is 11.0. The van der Waals surface area contributed by atoms with Crippen LogP contribution in [0.5, 0.6) is 0 Å². The molecule has 0 aliphatic carbocycles. The molecule has 132 valence electrons. The van der Waals surface area contributed by atoms with E-state index in [9.17, 15) is 23.3 Å². The van der Waals surface area contributed by atoms with Crippen LogP contribution in [-0.2, 0) is 10.0 Å².